The largest absolute Gasteiger partial charge is 0.398 e. The molecule has 0 spiro atoms. The quantitative estimate of drug-likeness (QED) is 0.642. The van der Waals surface area contributed by atoms with E-state index in [1.54, 1.807) is 12.1 Å². The van der Waals surface area contributed by atoms with Crippen molar-refractivity contribution in [2.45, 2.75) is 45.1 Å². The maximum Gasteiger partial charge on any atom is 0.251 e. The number of carbonyl (C=O) groups is 1. The Bertz CT molecular complexity index is 454. The summed E-state index contributed by atoms with van der Waals surface area (Å²) in [6.07, 6.45) is 6.55. The van der Waals surface area contributed by atoms with Gasteiger partial charge >= 0.3 is 0 Å². The number of hydrogen-bond donors (Lipinski definition) is 2. The van der Waals surface area contributed by atoms with Gasteiger partial charge in [-0.05, 0) is 37.5 Å². The number of nitrogens with two attached hydrogens (primary N) is 1. The van der Waals surface area contributed by atoms with Gasteiger partial charge in [0.2, 0.25) is 0 Å². The van der Waals surface area contributed by atoms with Gasteiger partial charge in [-0.15, -0.1) is 0 Å². The number of nitrogens with one attached hydrogen (secondary N) is 1. The van der Waals surface area contributed by atoms with Crippen LogP contribution in [0.4, 0.5) is 5.69 Å². The van der Waals surface area contributed by atoms with E-state index in [1.807, 2.05) is 13.0 Å². The average Bonchev–Trinajstić information content (AvgIpc) is 2.47. The zero-order valence-corrected chi connectivity index (χ0v) is 12.2. The average molecular weight is 276 g/mol. The van der Waals surface area contributed by atoms with Crippen LogP contribution < -0.4 is 11.1 Å². The highest BCUT2D eigenvalue weighted by atomic mass is 16.5. The van der Waals surface area contributed by atoms with Crippen molar-refractivity contribution in [1.82, 2.24) is 5.32 Å². The standard InChI is InChI=1S/C16H24N2O2/c1-12-7-8-13(11-15(12)17)16(19)18-9-10-20-14-5-3-2-4-6-14/h7-8,11,14H,2-6,9-10,17H2,1H3,(H,18,19). The molecule has 110 valence electrons. The molecule has 1 fully saturated rings. The van der Waals surface area contributed by atoms with E-state index < -0.39 is 0 Å². The predicted molar refractivity (Wildman–Crippen MR) is 80.7 cm³/mol. The van der Waals surface area contributed by atoms with Gasteiger partial charge < -0.3 is 15.8 Å². The highest BCUT2D eigenvalue weighted by molar-refractivity contribution is 5.95. The summed E-state index contributed by atoms with van der Waals surface area (Å²) < 4.78 is 5.77. The molecular weight excluding hydrogens is 252 g/mol. The first-order valence-corrected chi connectivity index (χ1v) is 7.43. The van der Waals surface area contributed by atoms with Crippen molar-refractivity contribution < 1.29 is 9.53 Å². The molecule has 1 aromatic carbocycles. The first-order chi connectivity index (χ1) is 9.66. The van der Waals surface area contributed by atoms with E-state index in [-0.39, 0.29) is 5.91 Å². The molecule has 1 aromatic rings. The Morgan fingerprint density at radius 1 is 1.35 bits per heavy atom. The fourth-order valence-corrected chi connectivity index (χ4v) is 2.51. The second kappa shape index (κ2) is 7.29. The van der Waals surface area contributed by atoms with E-state index in [0.29, 0.717) is 30.5 Å². The van der Waals surface area contributed by atoms with E-state index in [4.69, 9.17) is 10.5 Å². The molecular formula is C16H24N2O2. The second-order valence-corrected chi connectivity index (χ2v) is 5.46. The molecule has 20 heavy (non-hydrogen) atoms. The molecule has 4 heteroatoms. The smallest absolute Gasteiger partial charge is 0.251 e. The van der Waals surface area contributed by atoms with Crippen LogP contribution >= 0.6 is 0 Å². The van der Waals surface area contributed by atoms with Gasteiger partial charge in [0.15, 0.2) is 0 Å². The van der Waals surface area contributed by atoms with Crippen molar-refractivity contribution in [1.29, 1.82) is 0 Å². The summed E-state index contributed by atoms with van der Waals surface area (Å²) in [6, 6.07) is 5.37. The van der Waals surface area contributed by atoms with Gasteiger partial charge in [0.05, 0.1) is 12.7 Å². The molecule has 0 bridgehead atoms. The number of ether oxygens (including phenoxy) is 1. The minimum Gasteiger partial charge on any atom is -0.398 e. The Morgan fingerprint density at radius 3 is 2.80 bits per heavy atom. The van der Waals surface area contributed by atoms with Crippen LogP contribution in [0, 0.1) is 6.92 Å². The van der Waals surface area contributed by atoms with E-state index in [2.05, 4.69) is 5.32 Å². The molecule has 4 nitrogen and oxygen atoms in total. The topological polar surface area (TPSA) is 64.3 Å². The molecule has 0 heterocycles. The van der Waals surface area contributed by atoms with E-state index in [9.17, 15) is 4.79 Å². The lowest BCUT2D eigenvalue weighted by Crippen LogP contribution is -2.29. The first kappa shape index (κ1) is 14.9. The molecule has 0 saturated heterocycles. The van der Waals surface area contributed by atoms with Gasteiger partial charge in [0, 0.05) is 17.8 Å². The molecule has 3 N–H and O–H groups in total. The van der Waals surface area contributed by atoms with Crippen molar-refractivity contribution in [3.63, 3.8) is 0 Å². The Kier molecular flexibility index (Phi) is 5.41. The monoisotopic (exact) mass is 276 g/mol. The fourth-order valence-electron chi connectivity index (χ4n) is 2.51. The number of benzene rings is 1. The third-order valence-electron chi connectivity index (χ3n) is 3.83. The zero-order chi connectivity index (χ0) is 14.4. The molecule has 0 atom stereocenters. The molecule has 0 radical (unpaired) electrons. The number of carbonyl (C=O) groups excluding carboxylic acids is 1. The van der Waals surface area contributed by atoms with Gasteiger partial charge in [-0.1, -0.05) is 25.3 Å². The molecule has 1 aliphatic carbocycles. The number of anilines is 1. The Labute approximate surface area is 120 Å². The van der Waals surface area contributed by atoms with Gasteiger partial charge in [-0.25, -0.2) is 0 Å². The van der Waals surface area contributed by atoms with Crippen molar-refractivity contribution >= 4 is 11.6 Å². The van der Waals surface area contributed by atoms with Crippen molar-refractivity contribution in [2.75, 3.05) is 18.9 Å². The van der Waals surface area contributed by atoms with Crippen LogP contribution in [0.2, 0.25) is 0 Å². The van der Waals surface area contributed by atoms with Crippen LogP contribution in [-0.2, 0) is 4.74 Å². The third kappa shape index (κ3) is 4.23. The summed E-state index contributed by atoms with van der Waals surface area (Å²) in [4.78, 5) is 11.9. The highest BCUT2D eigenvalue weighted by Gasteiger charge is 2.13. The van der Waals surface area contributed by atoms with Crippen molar-refractivity contribution in [3.8, 4) is 0 Å². The summed E-state index contributed by atoms with van der Waals surface area (Å²) in [5.41, 5.74) is 8.05. The zero-order valence-electron chi connectivity index (χ0n) is 12.2. The third-order valence-corrected chi connectivity index (χ3v) is 3.83. The second-order valence-electron chi connectivity index (χ2n) is 5.46. The van der Waals surface area contributed by atoms with Crippen LogP contribution in [0.25, 0.3) is 0 Å². The van der Waals surface area contributed by atoms with Crippen molar-refractivity contribution in [3.05, 3.63) is 29.3 Å². The van der Waals surface area contributed by atoms with Crippen LogP contribution in [0.3, 0.4) is 0 Å². The highest BCUT2D eigenvalue weighted by Crippen LogP contribution is 2.19. The minimum atomic E-state index is -0.0936. The molecule has 1 amide bonds. The fraction of sp³-hybridized carbons (Fsp3) is 0.562. The lowest BCUT2D eigenvalue weighted by molar-refractivity contribution is 0.0299. The van der Waals surface area contributed by atoms with Crippen molar-refractivity contribution in [2.24, 2.45) is 0 Å². The Balaban J connectivity index is 1.70. The Morgan fingerprint density at radius 2 is 2.10 bits per heavy atom. The molecule has 0 unspecified atom stereocenters. The van der Waals surface area contributed by atoms with Gasteiger partial charge in [-0.2, -0.15) is 0 Å². The van der Waals surface area contributed by atoms with Crippen LogP contribution in [0.5, 0.6) is 0 Å². The molecule has 0 aromatic heterocycles. The molecule has 1 saturated carbocycles. The maximum absolute atomic E-state index is 11.9. The number of amides is 1. The lowest BCUT2D eigenvalue weighted by Gasteiger charge is -2.22. The number of hydrogen-bond acceptors (Lipinski definition) is 3. The summed E-state index contributed by atoms with van der Waals surface area (Å²) in [6.45, 7) is 3.05. The van der Waals surface area contributed by atoms with Gasteiger partial charge in [0.25, 0.3) is 5.91 Å². The number of nitrogen functional groups attached to an aromatic ring is 1. The number of rotatable bonds is 5. The normalized spacial score (nSPS) is 16.1. The van der Waals surface area contributed by atoms with E-state index in [1.165, 1.54) is 19.3 Å². The number of aryl methyl sites for hydroxylation is 1. The summed E-state index contributed by atoms with van der Waals surface area (Å²) in [7, 11) is 0. The molecule has 0 aliphatic heterocycles. The summed E-state index contributed by atoms with van der Waals surface area (Å²) in [5.74, 6) is -0.0936. The van der Waals surface area contributed by atoms with Crippen LogP contribution in [0.15, 0.2) is 18.2 Å². The summed E-state index contributed by atoms with van der Waals surface area (Å²) in [5, 5.41) is 2.87. The predicted octanol–water partition coefficient (Wildman–Crippen LogP) is 2.66. The minimum absolute atomic E-state index is 0.0936. The lowest BCUT2D eigenvalue weighted by atomic mass is 9.98. The maximum atomic E-state index is 11.9. The van der Waals surface area contributed by atoms with Gasteiger partial charge in [-0.3, -0.25) is 4.79 Å². The summed E-state index contributed by atoms with van der Waals surface area (Å²) >= 11 is 0. The van der Waals surface area contributed by atoms with Crippen LogP contribution in [-0.4, -0.2) is 25.2 Å². The molecule has 1 aliphatic rings. The SMILES string of the molecule is Cc1ccc(C(=O)NCCOC2CCCCC2)cc1N. The van der Waals surface area contributed by atoms with E-state index >= 15 is 0 Å². The Hall–Kier alpha value is -1.55. The van der Waals surface area contributed by atoms with Crippen LogP contribution in [0.1, 0.15) is 48.0 Å². The first-order valence-electron chi connectivity index (χ1n) is 7.43. The van der Waals surface area contributed by atoms with Gasteiger partial charge in [0.1, 0.15) is 0 Å². The van der Waals surface area contributed by atoms with E-state index in [0.717, 1.165) is 18.4 Å². The molecule has 2 rings (SSSR count).